The number of rotatable bonds is 8. The zero-order valence-electron chi connectivity index (χ0n) is 17.9. The molecule has 1 aliphatic heterocycles. The second kappa shape index (κ2) is 9.79. The Labute approximate surface area is 193 Å². The molecular formula is C26H24ClN3O2. The van der Waals surface area contributed by atoms with Gasteiger partial charge in [-0.2, -0.15) is 0 Å². The maximum Gasteiger partial charge on any atom is 0.278 e. The molecule has 5 nitrogen and oxygen atoms in total. The predicted octanol–water partition coefficient (Wildman–Crippen LogP) is 4.58. The largest absolute Gasteiger partial charge is 0.366 e. The second-order valence-electron chi connectivity index (χ2n) is 7.60. The molecule has 0 spiro atoms. The van der Waals surface area contributed by atoms with Crippen molar-refractivity contribution < 1.29 is 9.59 Å². The number of hydrogen-bond acceptors (Lipinski definition) is 4. The van der Waals surface area contributed by atoms with Crippen molar-refractivity contribution in [2.45, 2.75) is 19.9 Å². The predicted molar refractivity (Wildman–Crippen MR) is 126 cm³/mol. The number of likely N-dealkylation sites (N-methyl/N-ethyl adjacent to an activating group) is 1. The fourth-order valence-electron chi connectivity index (χ4n) is 3.88. The summed E-state index contributed by atoms with van der Waals surface area (Å²) in [6, 6.07) is 20.6. The number of carbonyl (C=O) groups excluding carboxylic acids is 2. The van der Waals surface area contributed by atoms with E-state index < -0.39 is 0 Å². The number of amides is 2. The molecule has 4 rings (SSSR count). The SMILES string of the molecule is CCN(CCc1ccncc1)C1=C(c2ccc(Cl)cc2)C(=O)N(Cc2ccccc2)C1=O. The lowest BCUT2D eigenvalue weighted by Crippen LogP contribution is -2.35. The van der Waals surface area contributed by atoms with Crippen LogP contribution in [-0.4, -0.2) is 39.7 Å². The average molecular weight is 446 g/mol. The molecule has 1 aliphatic rings. The molecule has 0 saturated heterocycles. The molecule has 2 heterocycles. The third kappa shape index (κ3) is 4.58. The molecule has 32 heavy (non-hydrogen) atoms. The van der Waals surface area contributed by atoms with Crippen LogP contribution < -0.4 is 0 Å². The Hall–Kier alpha value is -3.44. The molecule has 0 fully saturated rings. The normalized spacial score (nSPS) is 13.8. The van der Waals surface area contributed by atoms with Crippen LogP contribution in [0.1, 0.15) is 23.6 Å². The lowest BCUT2D eigenvalue weighted by Gasteiger charge is -2.25. The van der Waals surface area contributed by atoms with Crippen LogP contribution in [0, 0.1) is 0 Å². The topological polar surface area (TPSA) is 53.5 Å². The molecule has 0 aliphatic carbocycles. The van der Waals surface area contributed by atoms with Crippen molar-refractivity contribution in [3.8, 4) is 0 Å². The number of halogens is 1. The maximum atomic E-state index is 13.6. The molecule has 0 N–H and O–H groups in total. The molecule has 2 aromatic carbocycles. The standard InChI is InChI=1S/C26H24ClN3O2/c1-2-29(17-14-19-12-15-28-16-13-19)24-23(21-8-10-22(27)11-9-21)25(31)30(26(24)32)18-20-6-4-3-5-7-20/h3-13,15-16H,2,14,17-18H2,1H3. The summed E-state index contributed by atoms with van der Waals surface area (Å²) < 4.78 is 0. The van der Waals surface area contributed by atoms with Crippen molar-refractivity contribution in [1.29, 1.82) is 0 Å². The summed E-state index contributed by atoms with van der Waals surface area (Å²) in [5.74, 6) is -0.543. The van der Waals surface area contributed by atoms with Gasteiger partial charge in [-0.05, 0) is 54.3 Å². The van der Waals surface area contributed by atoms with Crippen LogP contribution in [0.25, 0.3) is 5.57 Å². The summed E-state index contributed by atoms with van der Waals surface area (Å²) in [4.78, 5) is 34.4. The molecule has 0 bridgehead atoms. The Kier molecular flexibility index (Phi) is 6.66. The van der Waals surface area contributed by atoms with Gasteiger partial charge >= 0.3 is 0 Å². The van der Waals surface area contributed by atoms with E-state index in [4.69, 9.17) is 11.6 Å². The van der Waals surface area contributed by atoms with Gasteiger partial charge in [0.25, 0.3) is 11.8 Å². The highest BCUT2D eigenvalue weighted by molar-refractivity contribution is 6.35. The summed E-state index contributed by atoms with van der Waals surface area (Å²) >= 11 is 6.07. The van der Waals surface area contributed by atoms with E-state index >= 15 is 0 Å². The number of imide groups is 1. The van der Waals surface area contributed by atoms with E-state index in [1.54, 1.807) is 36.7 Å². The van der Waals surface area contributed by atoms with Gasteiger partial charge in [-0.1, -0.05) is 54.1 Å². The van der Waals surface area contributed by atoms with E-state index in [1.165, 1.54) is 4.90 Å². The van der Waals surface area contributed by atoms with Gasteiger partial charge in [0.1, 0.15) is 5.70 Å². The lowest BCUT2D eigenvalue weighted by atomic mass is 10.0. The summed E-state index contributed by atoms with van der Waals surface area (Å²) in [5, 5.41) is 0.582. The van der Waals surface area contributed by atoms with Crippen LogP contribution in [0.4, 0.5) is 0 Å². The van der Waals surface area contributed by atoms with Crippen LogP contribution >= 0.6 is 11.6 Å². The third-order valence-electron chi connectivity index (χ3n) is 5.58. The van der Waals surface area contributed by atoms with Gasteiger partial charge in [0.15, 0.2) is 0 Å². The zero-order valence-corrected chi connectivity index (χ0v) is 18.6. The molecule has 2 amide bonds. The van der Waals surface area contributed by atoms with Gasteiger partial charge in [0.2, 0.25) is 0 Å². The summed E-state index contributed by atoms with van der Waals surface area (Å²) in [7, 11) is 0. The number of nitrogens with zero attached hydrogens (tertiary/aromatic N) is 3. The average Bonchev–Trinajstić information content (AvgIpc) is 3.06. The number of aromatic nitrogens is 1. The van der Waals surface area contributed by atoms with E-state index in [0.29, 0.717) is 34.9 Å². The Bertz CT molecular complexity index is 1130. The van der Waals surface area contributed by atoms with Gasteiger partial charge in [-0.15, -0.1) is 0 Å². The van der Waals surface area contributed by atoms with E-state index in [2.05, 4.69) is 4.98 Å². The van der Waals surface area contributed by atoms with E-state index in [1.807, 2.05) is 54.3 Å². The van der Waals surface area contributed by atoms with E-state index in [0.717, 1.165) is 17.5 Å². The molecule has 0 atom stereocenters. The molecule has 0 saturated carbocycles. The van der Waals surface area contributed by atoms with Crippen molar-refractivity contribution in [1.82, 2.24) is 14.8 Å². The number of pyridine rings is 1. The molecular weight excluding hydrogens is 422 g/mol. The minimum Gasteiger partial charge on any atom is -0.366 e. The van der Waals surface area contributed by atoms with Crippen molar-refractivity contribution in [2.24, 2.45) is 0 Å². The zero-order chi connectivity index (χ0) is 22.5. The van der Waals surface area contributed by atoms with Crippen LogP contribution in [0.15, 0.2) is 84.8 Å². The highest BCUT2D eigenvalue weighted by Gasteiger charge is 2.41. The smallest absolute Gasteiger partial charge is 0.278 e. The Morgan fingerprint density at radius 1 is 0.875 bits per heavy atom. The lowest BCUT2D eigenvalue weighted by molar-refractivity contribution is -0.138. The Balaban J connectivity index is 1.69. The Morgan fingerprint density at radius 3 is 2.22 bits per heavy atom. The minimum atomic E-state index is -0.279. The highest BCUT2D eigenvalue weighted by atomic mass is 35.5. The number of benzene rings is 2. The van der Waals surface area contributed by atoms with Gasteiger partial charge in [0, 0.05) is 30.5 Å². The molecule has 0 unspecified atom stereocenters. The van der Waals surface area contributed by atoms with Crippen molar-refractivity contribution in [3.63, 3.8) is 0 Å². The van der Waals surface area contributed by atoms with Crippen molar-refractivity contribution in [2.75, 3.05) is 13.1 Å². The van der Waals surface area contributed by atoms with Gasteiger partial charge in [-0.3, -0.25) is 19.5 Å². The first-order valence-corrected chi connectivity index (χ1v) is 11.0. The fourth-order valence-corrected chi connectivity index (χ4v) is 4.01. The summed E-state index contributed by atoms with van der Waals surface area (Å²) in [5.41, 5.74) is 3.61. The summed E-state index contributed by atoms with van der Waals surface area (Å²) in [6.07, 6.45) is 4.26. The van der Waals surface area contributed by atoms with Crippen LogP contribution in [0.5, 0.6) is 0 Å². The monoisotopic (exact) mass is 445 g/mol. The first-order valence-electron chi connectivity index (χ1n) is 10.6. The van der Waals surface area contributed by atoms with Crippen molar-refractivity contribution >= 4 is 29.0 Å². The molecule has 162 valence electrons. The Morgan fingerprint density at radius 2 is 1.56 bits per heavy atom. The molecule has 6 heteroatoms. The van der Waals surface area contributed by atoms with E-state index in [9.17, 15) is 9.59 Å². The number of hydrogen-bond donors (Lipinski definition) is 0. The maximum absolute atomic E-state index is 13.6. The van der Waals surface area contributed by atoms with Crippen LogP contribution in [-0.2, 0) is 22.6 Å². The third-order valence-corrected chi connectivity index (χ3v) is 5.83. The van der Waals surface area contributed by atoms with Gasteiger partial charge in [-0.25, -0.2) is 0 Å². The van der Waals surface area contributed by atoms with Crippen LogP contribution in [0.2, 0.25) is 5.02 Å². The van der Waals surface area contributed by atoms with E-state index in [-0.39, 0.29) is 18.4 Å². The van der Waals surface area contributed by atoms with Crippen LogP contribution in [0.3, 0.4) is 0 Å². The minimum absolute atomic E-state index is 0.237. The van der Waals surface area contributed by atoms with Crippen molar-refractivity contribution in [3.05, 3.63) is 107 Å². The quantitative estimate of drug-likeness (QED) is 0.476. The first-order chi connectivity index (χ1) is 15.6. The van der Waals surface area contributed by atoms with Gasteiger partial charge < -0.3 is 4.90 Å². The first kappa shape index (κ1) is 21.8. The van der Waals surface area contributed by atoms with Gasteiger partial charge in [0.05, 0.1) is 12.1 Å². The second-order valence-corrected chi connectivity index (χ2v) is 8.03. The highest BCUT2D eigenvalue weighted by Crippen LogP contribution is 2.33. The molecule has 1 aromatic heterocycles. The molecule has 0 radical (unpaired) electrons. The molecule has 3 aromatic rings. The summed E-state index contributed by atoms with van der Waals surface area (Å²) in [6.45, 7) is 3.46. The number of carbonyl (C=O) groups is 2. The fraction of sp³-hybridized carbons (Fsp3) is 0.192.